The number of carbonyl (C=O) groups is 3. The highest BCUT2D eigenvalue weighted by atomic mass is 79.9. The molecule has 1 fully saturated rings. The fraction of sp³-hybridized carbons (Fsp3) is 0.190. The molecule has 2 aromatic carbocycles. The van der Waals surface area contributed by atoms with Gasteiger partial charge in [0, 0.05) is 5.69 Å². The van der Waals surface area contributed by atoms with E-state index in [0.29, 0.717) is 11.4 Å². The number of rotatable bonds is 5. The van der Waals surface area contributed by atoms with E-state index in [4.69, 9.17) is 4.74 Å². The predicted molar refractivity (Wildman–Crippen MR) is 118 cm³/mol. The van der Waals surface area contributed by atoms with Crippen molar-refractivity contribution in [1.82, 2.24) is 4.90 Å². The lowest BCUT2D eigenvalue weighted by atomic mass is 10.1. The number of ether oxygens (including phenoxy) is 1. The molecular formula is C21H19BrN2O4S. The third kappa shape index (κ3) is 5.07. The monoisotopic (exact) mass is 474 g/mol. The van der Waals surface area contributed by atoms with E-state index in [-0.39, 0.29) is 11.4 Å². The summed E-state index contributed by atoms with van der Waals surface area (Å²) in [6.07, 6.45) is 1.62. The van der Waals surface area contributed by atoms with Crippen molar-refractivity contribution in [2.75, 3.05) is 19.0 Å². The van der Waals surface area contributed by atoms with Crippen LogP contribution in [0.5, 0.6) is 5.75 Å². The Morgan fingerprint density at radius 2 is 1.86 bits per heavy atom. The predicted octanol–water partition coefficient (Wildman–Crippen LogP) is 4.75. The molecule has 3 rings (SSSR count). The van der Waals surface area contributed by atoms with Gasteiger partial charge in [0.25, 0.3) is 11.1 Å². The molecule has 1 aliphatic heterocycles. The second kappa shape index (κ2) is 8.84. The highest BCUT2D eigenvalue weighted by molar-refractivity contribution is 9.10. The van der Waals surface area contributed by atoms with Gasteiger partial charge in [0.1, 0.15) is 12.3 Å². The molecule has 0 aromatic heterocycles. The molecule has 29 heavy (non-hydrogen) atoms. The highest BCUT2D eigenvalue weighted by Gasteiger charge is 2.36. The highest BCUT2D eigenvalue weighted by Crippen LogP contribution is 2.33. The number of benzene rings is 2. The van der Waals surface area contributed by atoms with E-state index in [9.17, 15) is 14.4 Å². The first-order valence-electron chi connectivity index (χ1n) is 8.74. The second-order valence-electron chi connectivity index (χ2n) is 6.59. The van der Waals surface area contributed by atoms with Gasteiger partial charge in [-0.1, -0.05) is 12.1 Å². The number of amides is 3. The maximum Gasteiger partial charge on any atom is 0.294 e. The number of thioether (sulfide) groups is 1. The number of anilines is 1. The SMILES string of the molecule is COc1ccc(/C=C2/SC(=O)N(CC(=O)Nc3cc(C)cc(C)c3)C2=O)cc1Br. The first-order valence-corrected chi connectivity index (χ1v) is 10.3. The van der Waals surface area contributed by atoms with Gasteiger partial charge in [0.05, 0.1) is 16.5 Å². The largest absolute Gasteiger partial charge is 0.496 e. The van der Waals surface area contributed by atoms with Gasteiger partial charge in [-0.05, 0) is 88.6 Å². The van der Waals surface area contributed by atoms with Crippen molar-refractivity contribution in [3.63, 3.8) is 0 Å². The first-order chi connectivity index (χ1) is 13.8. The summed E-state index contributed by atoms with van der Waals surface area (Å²) in [4.78, 5) is 38.5. The van der Waals surface area contributed by atoms with Crippen LogP contribution in [0.2, 0.25) is 0 Å². The van der Waals surface area contributed by atoms with Crippen LogP contribution in [0, 0.1) is 13.8 Å². The first kappa shape index (κ1) is 21.1. The molecule has 3 amide bonds. The lowest BCUT2D eigenvalue weighted by Gasteiger charge is -2.13. The summed E-state index contributed by atoms with van der Waals surface area (Å²) in [6.45, 7) is 3.53. The molecule has 6 nitrogen and oxygen atoms in total. The number of nitrogens with one attached hydrogen (secondary N) is 1. The summed E-state index contributed by atoms with van der Waals surface area (Å²) in [7, 11) is 1.56. The Bertz CT molecular complexity index is 1020. The molecule has 0 unspecified atom stereocenters. The van der Waals surface area contributed by atoms with Crippen molar-refractivity contribution in [3.8, 4) is 5.75 Å². The minimum absolute atomic E-state index is 0.270. The second-order valence-corrected chi connectivity index (χ2v) is 8.43. The molecule has 0 bridgehead atoms. The van der Waals surface area contributed by atoms with E-state index in [0.717, 1.165) is 37.8 Å². The quantitative estimate of drug-likeness (QED) is 0.632. The Labute approximate surface area is 181 Å². The van der Waals surface area contributed by atoms with Crippen molar-refractivity contribution >= 4 is 56.5 Å². The minimum atomic E-state index is -0.484. The fourth-order valence-corrected chi connectivity index (χ4v) is 4.35. The third-order valence-corrected chi connectivity index (χ3v) is 5.68. The van der Waals surface area contributed by atoms with Crippen LogP contribution in [0.15, 0.2) is 45.8 Å². The van der Waals surface area contributed by atoms with Crippen LogP contribution >= 0.6 is 27.7 Å². The molecular weight excluding hydrogens is 456 g/mol. The zero-order valence-electron chi connectivity index (χ0n) is 16.1. The van der Waals surface area contributed by atoms with Crippen LogP contribution in [0.1, 0.15) is 16.7 Å². The maximum atomic E-state index is 12.6. The van der Waals surface area contributed by atoms with Crippen LogP contribution in [-0.4, -0.2) is 35.6 Å². The molecule has 8 heteroatoms. The molecule has 1 saturated heterocycles. The zero-order valence-corrected chi connectivity index (χ0v) is 18.5. The summed E-state index contributed by atoms with van der Waals surface area (Å²) in [6, 6.07) is 11.0. The smallest absolute Gasteiger partial charge is 0.294 e. The van der Waals surface area contributed by atoms with Gasteiger partial charge in [-0.25, -0.2) is 0 Å². The van der Waals surface area contributed by atoms with Gasteiger partial charge in [-0.2, -0.15) is 0 Å². The number of hydrogen-bond acceptors (Lipinski definition) is 5. The van der Waals surface area contributed by atoms with E-state index in [1.54, 1.807) is 31.4 Å². The summed E-state index contributed by atoms with van der Waals surface area (Å²) in [5.41, 5.74) is 3.40. The van der Waals surface area contributed by atoms with Crippen LogP contribution in [-0.2, 0) is 9.59 Å². The van der Waals surface area contributed by atoms with Crippen molar-refractivity contribution in [2.24, 2.45) is 0 Å². The van der Waals surface area contributed by atoms with Crippen molar-refractivity contribution in [1.29, 1.82) is 0 Å². The van der Waals surface area contributed by atoms with Gasteiger partial charge in [-0.3, -0.25) is 19.3 Å². The molecule has 0 radical (unpaired) electrons. The zero-order chi connectivity index (χ0) is 21.1. The number of carbonyl (C=O) groups excluding carboxylic acids is 3. The molecule has 0 spiro atoms. The van der Waals surface area contributed by atoms with Crippen molar-refractivity contribution in [2.45, 2.75) is 13.8 Å². The molecule has 2 aromatic rings. The standard InChI is InChI=1S/C21H19BrN2O4S/c1-12-6-13(2)8-15(7-12)23-19(25)11-24-20(26)18(29-21(24)27)10-14-4-5-17(28-3)16(22)9-14/h4-10H,11H2,1-3H3,(H,23,25)/b18-10+. The van der Waals surface area contributed by atoms with Crippen molar-refractivity contribution in [3.05, 3.63) is 62.5 Å². The number of hydrogen-bond donors (Lipinski definition) is 1. The van der Waals surface area contributed by atoms with E-state index >= 15 is 0 Å². The van der Waals surface area contributed by atoms with Gasteiger partial charge in [0.2, 0.25) is 5.91 Å². The summed E-state index contributed by atoms with van der Waals surface area (Å²) >= 11 is 4.21. The third-order valence-electron chi connectivity index (χ3n) is 4.15. The van der Waals surface area contributed by atoms with Crippen LogP contribution in [0.4, 0.5) is 10.5 Å². The van der Waals surface area contributed by atoms with E-state index < -0.39 is 17.1 Å². The maximum absolute atomic E-state index is 12.6. The molecule has 0 aliphatic carbocycles. The van der Waals surface area contributed by atoms with E-state index in [1.807, 2.05) is 32.0 Å². The minimum Gasteiger partial charge on any atom is -0.496 e. The Kier molecular flexibility index (Phi) is 6.44. The summed E-state index contributed by atoms with van der Waals surface area (Å²) < 4.78 is 5.92. The normalized spacial score (nSPS) is 15.2. The van der Waals surface area contributed by atoms with Gasteiger partial charge in [-0.15, -0.1) is 0 Å². The number of methoxy groups -OCH3 is 1. The Morgan fingerprint density at radius 3 is 2.48 bits per heavy atom. The van der Waals surface area contributed by atoms with Crippen LogP contribution in [0.25, 0.3) is 6.08 Å². The number of halogens is 1. The topological polar surface area (TPSA) is 75.7 Å². The fourth-order valence-electron chi connectivity index (χ4n) is 2.95. The van der Waals surface area contributed by atoms with Gasteiger partial charge in [0.15, 0.2) is 0 Å². The molecule has 1 heterocycles. The lowest BCUT2D eigenvalue weighted by Crippen LogP contribution is -2.36. The molecule has 0 atom stereocenters. The number of imide groups is 1. The average molecular weight is 475 g/mol. The molecule has 1 N–H and O–H groups in total. The Balaban J connectivity index is 1.71. The molecule has 150 valence electrons. The Morgan fingerprint density at radius 1 is 1.17 bits per heavy atom. The molecule has 1 aliphatic rings. The number of nitrogens with zero attached hydrogens (tertiary/aromatic N) is 1. The lowest BCUT2D eigenvalue weighted by molar-refractivity contribution is -0.127. The van der Waals surface area contributed by atoms with Crippen molar-refractivity contribution < 1.29 is 19.1 Å². The molecule has 0 saturated carbocycles. The Hall–Kier alpha value is -2.58. The summed E-state index contributed by atoms with van der Waals surface area (Å²) in [5.74, 6) is -0.244. The van der Waals surface area contributed by atoms with Gasteiger partial charge >= 0.3 is 0 Å². The number of aryl methyl sites for hydroxylation is 2. The van der Waals surface area contributed by atoms with Crippen LogP contribution in [0.3, 0.4) is 0 Å². The van der Waals surface area contributed by atoms with Gasteiger partial charge < -0.3 is 10.1 Å². The van der Waals surface area contributed by atoms with Crippen LogP contribution < -0.4 is 10.1 Å². The van der Waals surface area contributed by atoms with E-state index in [1.165, 1.54) is 0 Å². The van der Waals surface area contributed by atoms with E-state index in [2.05, 4.69) is 21.2 Å². The summed E-state index contributed by atoms with van der Waals surface area (Å²) in [5, 5.41) is 2.27. The average Bonchev–Trinajstić information content (AvgIpc) is 2.88.